The van der Waals surface area contributed by atoms with E-state index in [1.165, 1.54) is 12.1 Å². The van der Waals surface area contributed by atoms with E-state index in [0.29, 0.717) is 13.1 Å². The molecule has 0 aromatic heterocycles. The van der Waals surface area contributed by atoms with Crippen molar-refractivity contribution < 1.29 is 17.9 Å². The van der Waals surface area contributed by atoms with Gasteiger partial charge in [0, 0.05) is 23.8 Å². The maximum Gasteiger partial charge on any atom is 0.264 e. The van der Waals surface area contributed by atoms with Crippen molar-refractivity contribution in [2.24, 2.45) is 0 Å². The van der Waals surface area contributed by atoms with E-state index in [-0.39, 0.29) is 23.2 Å². The Hall–Kier alpha value is -1.27. The Morgan fingerprint density at radius 3 is 2.40 bits per heavy atom. The van der Waals surface area contributed by atoms with Crippen LogP contribution in [0.5, 0.6) is 5.75 Å². The first-order chi connectivity index (χ1) is 9.29. The molecule has 0 heterocycles. The monoisotopic (exact) mass is 319 g/mol. The molecular formula is C13H18ClNO4S. The quantitative estimate of drug-likeness (QED) is 0.754. The zero-order chi connectivity index (χ0) is 15.3. The van der Waals surface area contributed by atoms with E-state index in [9.17, 15) is 13.2 Å². The summed E-state index contributed by atoms with van der Waals surface area (Å²) in [4.78, 5) is 13.3. The summed E-state index contributed by atoms with van der Waals surface area (Å²) in [5.41, 5.74) is 0.742. The molecule has 1 aromatic carbocycles. The van der Waals surface area contributed by atoms with Crippen LogP contribution >= 0.6 is 10.7 Å². The van der Waals surface area contributed by atoms with Crippen LogP contribution in [-0.2, 0) is 13.8 Å². The van der Waals surface area contributed by atoms with Crippen LogP contribution in [0, 0.1) is 6.92 Å². The van der Waals surface area contributed by atoms with Crippen molar-refractivity contribution in [2.45, 2.75) is 25.7 Å². The van der Waals surface area contributed by atoms with Gasteiger partial charge >= 0.3 is 0 Å². The molecule has 0 radical (unpaired) electrons. The van der Waals surface area contributed by atoms with E-state index in [1.54, 1.807) is 17.9 Å². The number of ether oxygens (including phenoxy) is 1. The molecule has 7 heteroatoms. The average molecular weight is 320 g/mol. The van der Waals surface area contributed by atoms with Gasteiger partial charge in [0.15, 0.2) is 6.61 Å². The van der Waals surface area contributed by atoms with E-state index in [0.717, 1.165) is 5.56 Å². The number of carbonyl (C=O) groups is 1. The normalized spacial score (nSPS) is 11.2. The molecule has 0 atom stereocenters. The molecule has 0 aliphatic heterocycles. The maximum absolute atomic E-state index is 11.8. The lowest BCUT2D eigenvalue weighted by Crippen LogP contribution is -2.34. The van der Waals surface area contributed by atoms with Gasteiger partial charge in [0.05, 0.1) is 0 Å². The molecule has 0 unspecified atom stereocenters. The van der Waals surface area contributed by atoms with E-state index in [2.05, 4.69) is 0 Å². The highest BCUT2D eigenvalue weighted by molar-refractivity contribution is 8.13. The molecule has 0 N–H and O–H groups in total. The molecule has 0 spiro atoms. The fraction of sp³-hybridized carbons (Fsp3) is 0.462. The number of carbonyl (C=O) groups excluding carboxylic acids is 1. The highest BCUT2D eigenvalue weighted by Gasteiger charge is 2.18. The summed E-state index contributed by atoms with van der Waals surface area (Å²) in [6, 6.07) is 4.61. The minimum Gasteiger partial charge on any atom is -0.482 e. The molecule has 1 amide bonds. The number of likely N-dealkylation sites (N-methyl/N-ethyl adjacent to an activating group) is 1. The Kier molecular flexibility index (Phi) is 5.83. The van der Waals surface area contributed by atoms with Gasteiger partial charge in [-0.1, -0.05) is 6.07 Å². The fourth-order valence-electron chi connectivity index (χ4n) is 1.73. The lowest BCUT2D eigenvalue weighted by Gasteiger charge is -2.19. The van der Waals surface area contributed by atoms with Crippen LogP contribution in [0.15, 0.2) is 23.1 Å². The Morgan fingerprint density at radius 1 is 1.30 bits per heavy atom. The van der Waals surface area contributed by atoms with Crippen LogP contribution in [0.1, 0.15) is 19.4 Å². The molecule has 0 aliphatic carbocycles. The topological polar surface area (TPSA) is 63.7 Å². The molecule has 5 nitrogen and oxygen atoms in total. The molecular weight excluding hydrogens is 302 g/mol. The lowest BCUT2D eigenvalue weighted by atomic mass is 10.2. The van der Waals surface area contributed by atoms with E-state index in [1.807, 2.05) is 13.8 Å². The van der Waals surface area contributed by atoms with Crippen LogP contribution in [0.2, 0.25) is 0 Å². The Bertz CT molecular complexity index is 582. The SMILES string of the molecule is CCN(CC)C(=O)COc1ccc(C)cc1S(=O)(=O)Cl. The van der Waals surface area contributed by atoms with Gasteiger partial charge in [-0.05, 0) is 38.5 Å². The third kappa shape index (κ3) is 4.38. The highest BCUT2D eigenvalue weighted by atomic mass is 35.7. The molecule has 20 heavy (non-hydrogen) atoms. The number of amides is 1. The number of hydrogen-bond donors (Lipinski definition) is 0. The van der Waals surface area contributed by atoms with E-state index in [4.69, 9.17) is 15.4 Å². The van der Waals surface area contributed by atoms with Gasteiger partial charge in [-0.3, -0.25) is 4.79 Å². The average Bonchev–Trinajstić information content (AvgIpc) is 2.37. The Labute approximate surface area is 123 Å². The molecule has 0 fully saturated rings. The first-order valence-electron chi connectivity index (χ1n) is 6.25. The van der Waals surface area contributed by atoms with Crippen LogP contribution < -0.4 is 4.74 Å². The van der Waals surface area contributed by atoms with Crippen molar-refractivity contribution in [1.29, 1.82) is 0 Å². The molecule has 0 aliphatic rings. The smallest absolute Gasteiger partial charge is 0.264 e. The van der Waals surface area contributed by atoms with Gasteiger partial charge in [0.1, 0.15) is 10.6 Å². The van der Waals surface area contributed by atoms with E-state index >= 15 is 0 Å². The Morgan fingerprint density at radius 2 is 1.90 bits per heavy atom. The van der Waals surface area contributed by atoms with Gasteiger partial charge in [0.2, 0.25) is 0 Å². The molecule has 0 bridgehead atoms. The van der Waals surface area contributed by atoms with Crippen molar-refractivity contribution >= 4 is 25.6 Å². The van der Waals surface area contributed by atoms with Gasteiger partial charge in [-0.25, -0.2) is 8.42 Å². The number of nitrogens with zero attached hydrogens (tertiary/aromatic N) is 1. The Balaban J connectivity index is 2.91. The molecule has 0 saturated heterocycles. The number of hydrogen-bond acceptors (Lipinski definition) is 4. The van der Waals surface area contributed by atoms with Gasteiger partial charge < -0.3 is 9.64 Å². The van der Waals surface area contributed by atoms with Gasteiger partial charge in [-0.2, -0.15) is 0 Å². The number of aryl methyl sites for hydroxylation is 1. The zero-order valence-corrected chi connectivity index (χ0v) is 13.3. The summed E-state index contributed by atoms with van der Waals surface area (Å²) in [6.45, 7) is 6.41. The summed E-state index contributed by atoms with van der Waals surface area (Å²) < 4.78 is 28.3. The third-order valence-corrected chi connectivity index (χ3v) is 4.17. The molecule has 0 saturated carbocycles. The van der Waals surface area contributed by atoms with Gasteiger partial charge in [-0.15, -0.1) is 0 Å². The molecule has 1 aromatic rings. The summed E-state index contributed by atoms with van der Waals surface area (Å²) in [6.07, 6.45) is 0. The summed E-state index contributed by atoms with van der Waals surface area (Å²) in [5.74, 6) is -0.111. The van der Waals surface area contributed by atoms with Crippen molar-refractivity contribution in [2.75, 3.05) is 19.7 Å². The second-order valence-corrected chi connectivity index (χ2v) is 6.78. The first kappa shape index (κ1) is 16.8. The van der Waals surface area contributed by atoms with Crippen LogP contribution in [-0.4, -0.2) is 38.9 Å². The van der Waals surface area contributed by atoms with Gasteiger partial charge in [0.25, 0.3) is 15.0 Å². The molecule has 112 valence electrons. The summed E-state index contributed by atoms with van der Waals surface area (Å²) in [5, 5.41) is 0. The second-order valence-electron chi connectivity index (χ2n) is 4.24. The van der Waals surface area contributed by atoms with Crippen LogP contribution in [0.3, 0.4) is 0 Å². The number of benzene rings is 1. The predicted octanol–water partition coefficient (Wildman–Crippen LogP) is 2.17. The standard InChI is InChI=1S/C13H18ClNO4S/c1-4-15(5-2)13(16)9-19-11-7-6-10(3)8-12(11)20(14,17)18/h6-8H,4-5,9H2,1-3H3. The maximum atomic E-state index is 11.8. The lowest BCUT2D eigenvalue weighted by molar-refractivity contribution is -0.133. The largest absolute Gasteiger partial charge is 0.482 e. The van der Waals surface area contributed by atoms with Crippen molar-refractivity contribution in [1.82, 2.24) is 4.90 Å². The zero-order valence-electron chi connectivity index (χ0n) is 11.7. The van der Waals surface area contributed by atoms with E-state index < -0.39 is 9.05 Å². The van der Waals surface area contributed by atoms with Crippen molar-refractivity contribution in [3.63, 3.8) is 0 Å². The van der Waals surface area contributed by atoms with Crippen molar-refractivity contribution in [3.05, 3.63) is 23.8 Å². The van der Waals surface area contributed by atoms with Crippen LogP contribution in [0.25, 0.3) is 0 Å². The van der Waals surface area contributed by atoms with Crippen molar-refractivity contribution in [3.8, 4) is 5.75 Å². The fourth-order valence-corrected chi connectivity index (χ4v) is 2.79. The number of rotatable bonds is 6. The minimum absolute atomic E-state index is 0.0890. The number of halogens is 1. The predicted molar refractivity (Wildman–Crippen MR) is 77.6 cm³/mol. The summed E-state index contributed by atoms with van der Waals surface area (Å²) in [7, 11) is 1.45. The third-order valence-electron chi connectivity index (χ3n) is 2.83. The molecule has 1 rings (SSSR count). The second kappa shape index (κ2) is 6.95. The first-order valence-corrected chi connectivity index (χ1v) is 8.56. The summed E-state index contributed by atoms with van der Waals surface area (Å²) >= 11 is 0. The van der Waals surface area contributed by atoms with Crippen LogP contribution in [0.4, 0.5) is 0 Å². The highest BCUT2D eigenvalue weighted by Crippen LogP contribution is 2.27. The minimum atomic E-state index is -3.91.